The van der Waals surface area contributed by atoms with E-state index in [9.17, 15) is 9.18 Å². The van der Waals surface area contributed by atoms with E-state index in [0.717, 1.165) is 42.0 Å². The second-order valence-corrected chi connectivity index (χ2v) is 7.13. The molecule has 0 saturated carbocycles. The van der Waals surface area contributed by atoms with E-state index < -0.39 is 0 Å². The predicted octanol–water partition coefficient (Wildman–Crippen LogP) is 1.90. The van der Waals surface area contributed by atoms with Crippen LogP contribution in [0.4, 0.5) is 4.39 Å². The van der Waals surface area contributed by atoms with Gasteiger partial charge in [-0.15, -0.1) is 0 Å². The van der Waals surface area contributed by atoms with Crippen LogP contribution < -0.4 is 11.1 Å². The molecule has 0 fully saturated rings. The van der Waals surface area contributed by atoms with Crippen molar-refractivity contribution in [3.8, 4) is 11.4 Å². The first-order valence-electron chi connectivity index (χ1n) is 9.41. The van der Waals surface area contributed by atoms with Crippen molar-refractivity contribution in [2.24, 2.45) is 5.73 Å². The molecule has 7 nitrogen and oxygen atoms in total. The first kappa shape index (κ1) is 18.4. The molecule has 1 aliphatic heterocycles. The highest BCUT2D eigenvalue weighted by molar-refractivity contribution is 5.93. The predicted molar refractivity (Wildman–Crippen MR) is 103 cm³/mol. The minimum absolute atomic E-state index is 0.252. The lowest BCUT2D eigenvalue weighted by atomic mass is 10.1. The van der Waals surface area contributed by atoms with E-state index in [1.165, 1.54) is 12.1 Å². The van der Waals surface area contributed by atoms with E-state index in [0.29, 0.717) is 12.1 Å². The van der Waals surface area contributed by atoms with Crippen LogP contribution in [-0.2, 0) is 19.5 Å². The second-order valence-electron chi connectivity index (χ2n) is 7.13. The topological polar surface area (TPSA) is 90.8 Å². The van der Waals surface area contributed by atoms with Crippen molar-refractivity contribution in [3.05, 3.63) is 59.2 Å². The van der Waals surface area contributed by atoms with Crippen LogP contribution >= 0.6 is 0 Å². The number of aryl methyl sites for hydroxylation is 3. The molecule has 0 bridgehead atoms. The van der Waals surface area contributed by atoms with Gasteiger partial charge in [-0.05, 0) is 49.1 Å². The molecule has 28 heavy (non-hydrogen) atoms. The van der Waals surface area contributed by atoms with Gasteiger partial charge in [-0.1, -0.05) is 12.1 Å². The van der Waals surface area contributed by atoms with Crippen molar-refractivity contribution in [2.45, 2.75) is 38.9 Å². The zero-order valence-electron chi connectivity index (χ0n) is 15.7. The molecule has 0 saturated heterocycles. The lowest BCUT2D eigenvalue weighted by molar-refractivity contribution is 0.0932. The fourth-order valence-corrected chi connectivity index (χ4v) is 3.64. The second kappa shape index (κ2) is 7.55. The summed E-state index contributed by atoms with van der Waals surface area (Å²) in [7, 11) is 0. The van der Waals surface area contributed by atoms with E-state index in [1.807, 2.05) is 28.6 Å². The van der Waals surface area contributed by atoms with Gasteiger partial charge in [0.05, 0.1) is 17.6 Å². The van der Waals surface area contributed by atoms with Gasteiger partial charge in [-0.25, -0.2) is 4.39 Å². The standard InChI is InChI=1S/C20H23FN6O/c1-13-12-23-27-7-3-6-26-18(19(13)27)10-17(25-26)20(28)24-16(11-22)9-14-4-2-5-15(21)8-14/h2,4-5,8,10,12,16H,3,6-7,9,11,22H2,1H3,(H,24,28). The van der Waals surface area contributed by atoms with Crippen molar-refractivity contribution in [2.75, 3.05) is 6.54 Å². The number of halogens is 1. The summed E-state index contributed by atoms with van der Waals surface area (Å²) < 4.78 is 17.2. The fourth-order valence-electron chi connectivity index (χ4n) is 3.64. The van der Waals surface area contributed by atoms with Crippen LogP contribution in [-0.4, -0.2) is 38.1 Å². The van der Waals surface area contributed by atoms with Gasteiger partial charge in [-0.2, -0.15) is 10.2 Å². The number of nitrogens with zero attached hydrogens (tertiary/aromatic N) is 4. The lowest BCUT2D eigenvalue weighted by Crippen LogP contribution is -2.41. The maximum Gasteiger partial charge on any atom is 0.272 e. The number of nitrogens with two attached hydrogens (primary N) is 1. The van der Waals surface area contributed by atoms with Gasteiger partial charge in [0.15, 0.2) is 5.69 Å². The zero-order valence-corrected chi connectivity index (χ0v) is 15.7. The Morgan fingerprint density at radius 2 is 2.14 bits per heavy atom. The van der Waals surface area contributed by atoms with Crippen molar-refractivity contribution in [1.82, 2.24) is 24.9 Å². The third-order valence-electron chi connectivity index (χ3n) is 5.01. The number of carbonyl (C=O) groups excluding carboxylic acids is 1. The maximum atomic E-state index is 13.4. The molecule has 1 aliphatic rings. The number of hydrogen-bond donors (Lipinski definition) is 2. The van der Waals surface area contributed by atoms with Crippen LogP contribution in [0.2, 0.25) is 0 Å². The van der Waals surface area contributed by atoms with Gasteiger partial charge in [0.1, 0.15) is 5.82 Å². The molecule has 1 unspecified atom stereocenters. The first-order valence-corrected chi connectivity index (χ1v) is 9.41. The van der Waals surface area contributed by atoms with Gasteiger partial charge < -0.3 is 11.1 Å². The van der Waals surface area contributed by atoms with Crippen molar-refractivity contribution in [3.63, 3.8) is 0 Å². The van der Waals surface area contributed by atoms with E-state index in [-0.39, 0.29) is 24.3 Å². The summed E-state index contributed by atoms with van der Waals surface area (Å²) in [6.45, 7) is 3.82. The van der Waals surface area contributed by atoms with Crippen LogP contribution in [0.25, 0.3) is 11.4 Å². The molecule has 0 spiro atoms. The highest BCUT2D eigenvalue weighted by Gasteiger charge is 2.23. The SMILES string of the molecule is Cc1cnn2c1-c1cc(C(=O)NC(CN)Cc3cccc(F)c3)nn1CCC2. The highest BCUT2D eigenvalue weighted by Crippen LogP contribution is 2.27. The summed E-state index contributed by atoms with van der Waals surface area (Å²) in [5.41, 5.74) is 9.91. The number of hydrogen-bond acceptors (Lipinski definition) is 4. The molecule has 3 aromatic rings. The molecular weight excluding hydrogens is 359 g/mol. The monoisotopic (exact) mass is 382 g/mol. The summed E-state index contributed by atoms with van der Waals surface area (Å²) >= 11 is 0. The van der Waals surface area contributed by atoms with E-state index in [2.05, 4.69) is 15.5 Å². The molecule has 1 atom stereocenters. The number of carbonyl (C=O) groups is 1. The summed E-state index contributed by atoms with van der Waals surface area (Å²) in [6.07, 6.45) is 3.19. The molecule has 3 N–H and O–H groups in total. The van der Waals surface area contributed by atoms with Crippen LogP contribution in [0.5, 0.6) is 0 Å². The Hall–Kier alpha value is -3.00. The molecule has 1 aromatic carbocycles. The largest absolute Gasteiger partial charge is 0.346 e. The highest BCUT2D eigenvalue weighted by atomic mass is 19.1. The van der Waals surface area contributed by atoms with Crippen molar-refractivity contribution in [1.29, 1.82) is 0 Å². The average Bonchev–Trinajstić information content (AvgIpc) is 3.20. The van der Waals surface area contributed by atoms with Gasteiger partial charge >= 0.3 is 0 Å². The Morgan fingerprint density at radius 1 is 1.32 bits per heavy atom. The Balaban J connectivity index is 1.54. The van der Waals surface area contributed by atoms with E-state index >= 15 is 0 Å². The minimum Gasteiger partial charge on any atom is -0.346 e. The smallest absolute Gasteiger partial charge is 0.272 e. The normalized spacial score (nSPS) is 14.1. The Kier molecular flexibility index (Phi) is 4.95. The van der Waals surface area contributed by atoms with E-state index in [1.54, 1.807) is 12.1 Å². The number of nitrogens with one attached hydrogen (secondary N) is 1. The average molecular weight is 382 g/mol. The van der Waals surface area contributed by atoms with Gasteiger partial charge in [-0.3, -0.25) is 14.2 Å². The Morgan fingerprint density at radius 3 is 2.93 bits per heavy atom. The number of amides is 1. The third-order valence-corrected chi connectivity index (χ3v) is 5.01. The van der Waals surface area contributed by atoms with Gasteiger partial charge in [0.2, 0.25) is 0 Å². The molecule has 4 rings (SSSR count). The minimum atomic E-state index is -0.303. The van der Waals surface area contributed by atoms with Crippen LogP contribution in [0, 0.1) is 12.7 Å². The van der Waals surface area contributed by atoms with Gasteiger partial charge in [0.25, 0.3) is 5.91 Å². The fraction of sp³-hybridized carbons (Fsp3) is 0.350. The van der Waals surface area contributed by atoms with Crippen LogP contribution in [0.3, 0.4) is 0 Å². The molecule has 8 heteroatoms. The Labute approximate surface area is 162 Å². The maximum absolute atomic E-state index is 13.4. The van der Waals surface area contributed by atoms with Crippen LogP contribution in [0.15, 0.2) is 36.5 Å². The lowest BCUT2D eigenvalue weighted by Gasteiger charge is -2.16. The summed E-state index contributed by atoms with van der Waals surface area (Å²) in [6, 6.07) is 7.82. The van der Waals surface area contributed by atoms with E-state index in [4.69, 9.17) is 5.73 Å². The first-order chi connectivity index (χ1) is 13.5. The summed E-state index contributed by atoms with van der Waals surface area (Å²) in [5.74, 6) is -0.583. The summed E-state index contributed by atoms with van der Waals surface area (Å²) in [5, 5.41) is 11.8. The van der Waals surface area contributed by atoms with Crippen molar-refractivity contribution >= 4 is 5.91 Å². The summed E-state index contributed by atoms with van der Waals surface area (Å²) in [4.78, 5) is 12.8. The third kappa shape index (κ3) is 3.55. The molecule has 2 aromatic heterocycles. The Bertz CT molecular complexity index is 1010. The number of fused-ring (bicyclic) bond motifs is 3. The number of benzene rings is 1. The molecule has 0 radical (unpaired) electrons. The molecule has 146 valence electrons. The molecule has 0 aliphatic carbocycles. The van der Waals surface area contributed by atoms with Crippen LogP contribution in [0.1, 0.15) is 28.0 Å². The number of rotatable bonds is 5. The quantitative estimate of drug-likeness (QED) is 0.705. The molecule has 1 amide bonds. The van der Waals surface area contributed by atoms with Gasteiger partial charge in [0, 0.05) is 25.7 Å². The molecule has 3 heterocycles. The van der Waals surface area contributed by atoms with Crippen molar-refractivity contribution < 1.29 is 9.18 Å². The zero-order chi connectivity index (χ0) is 19.7. The number of aromatic nitrogens is 4. The molecular formula is C20H23FN6O.